The molecule has 0 bridgehead atoms. The van der Waals surface area contributed by atoms with Gasteiger partial charge in [-0.1, -0.05) is 42.4 Å². The van der Waals surface area contributed by atoms with E-state index in [0.717, 1.165) is 19.5 Å². The Morgan fingerprint density at radius 2 is 2.05 bits per heavy atom. The molecule has 1 aromatic heterocycles. The van der Waals surface area contributed by atoms with Gasteiger partial charge in [-0.2, -0.15) is 0 Å². The summed E-state index contributed by atoms with van der Waals surface area (Å²) in [6, 6.07) is 11.6. The van der Waals surface area contributed by atoms with E-state index in [2.05, 4.69) is 22.1 Å². The Kier molecular flexibility index (Phi) is 4.84. The number of likely N-dealkylation sites (N-methyl/N-ethyl adjacent to an activating group) is 1. The molecule has 0 unspecified atom stereocenters. The van der Waals surface area contributed by atoms with Gasteiger partial charge in [-0.15, -0.1) is 4.68 Å². The third-order valence-corrected chi connectivity index (χ3v) is 3.22. The second-order valence-corrected chi connectivity index (χ2v) is 4.53. The lowest BCUT2D eigenvalue weighted by atomic mass is 10.1. The summed E-state index contributed by atoms with van der Waals surface area (Å²) < 4.78 is 1.43. The molecule has 0 aliphatic carbocycles. The second-order valence-electron chi connectivity index (χ2n) is 4.53. The zero-order chi connectivity index (χ0) is 14.4. The molecule has 0 saturated carbocycles. The normalized spacial score (nSPS) is 10.9. The van der Waals surface area contributed by atoms with Gasteiger partial charge in [0, 0.05) is 6.54 Å². The largest absolute Gasteiger partial charge is 0.358 e. The van der Waals surface area contributed by atoms with Crippen LogP contribution in [0.5, 0.6) is 0 Å². The lowest BCUT2D eigenvalue weighted by Crippen LogP contribution is -2.29. The van der Waals surface area contributed by atoms with Crippen molar-refractivity contribution in [2.45, 2.75) is 20.0 Å². The molecule has 6 nitrogen and oxygen atoms in total. The monoisotopic (exact) mass is 274 g/mol. The van der Waals surface area contributed by atoms with E-state index < -0.39 is 4.92 Å². The molecular weight excluding hydrogens is 256 g/mol. The van der Waals surface area contributed by atoms with Gasteiger partial charge in [0.25, 0.3) is 0 Å². The van der Waals surface area contributed by atoms with Crippen LogP contribution in [-0.4, -0.2) is 32.7 Å². The van der Waals surface area contributed by atoms with E-state index in [1.54, 1.807) is 0 Å². The Labute approximate surface area is 117 Å². The average Bonchev–Trinajstić information content (AvgIpc) is 2.93. The molecule has 2 rings (SSSR count). The first kappa shape index (κ1) is 14.2. The molecule has 0 atom stereocenters. The fraction of sp³-hybridized carbons (Fsp3) is 0.357. The number of benzene rings is 1. The van der Waals surface area contributed by atoms with Crippen LogP contribution in [0.4, 0.5) is 5.82 Å². The maximum Gasteiger partial charge on any atom is 0.346 e. The van der Waals surface area contributed by atoms with E-state index >= 15 is 0 Å². The SMILES string of the molecule is CCN(CCc1ccccc1)Cn1nccc1[N+](=O)[O-]. The first-order valence-corrected chi connectivity index (χ1v) is 6.63. The highest BCUT2D eigenvalue weighted by atomic mass is 16.6. The lowest BCUT2D eigenvalue weighted by Gasteiger charge is -2.17. The smallest absolute Gasteiger partial charge is 0.346 e. The third kappa shape index (κ3) is 3.64. The zero-order valence-corrected chi connectivity index (χ0v) is 11.5. The molecule has 0 radical (unpaired) electrons. The maximum atomic E-state index is 10.9. The minimum absolute atomic E-state index is 0.0307. The van der Waals surface area contributed by atoms with Gasteiger partial charge in [-0.25, -0.2) is 0 Å². The molecule has 1 aromatic carbocycles. The van der Waals surface area contributed by atoms with E-state index in [4.69, 9.17) is 0 Å². The summed E-state index contributed by atoms with van der Waals surface area (Å²) in [7, 11) is 0. The van der Waals surface area contributed by atoms with E-state index in [1.807, 2.05) is 25.1 Å². The van der Waals surface area contributed by atoms with Gasteiger partial charge < -0.3 is 10.1 Å². The minimum atomic E-state index is -0.405. The number of nitrogens with zero attached hydrogens (tertiary/aromatic N) is 4. The van der Waals surface area contributed by atoms with Gasteiger partial charge in [-0.3, -0.25) is 4.90 Å². The number of hydrogen-bond donors (Lipinski definition) is 0. The molecule has 0 fully saturated rings. The van der Waals surface area contributed by atoms with E-state index in [1.165, 1.54) is 22.5 Å². The summed E-state index contributed by atoms with van der Waals surface area (Å²) >= 11 is 0. The molecule has 20 heavy (non-hydrogen) atoms. The van der Waals surface area contributed by atoms with E-state index in [0.29, 0.717) is 6.67 Å². The third-order valence-electron chi connectivity index (χ3n) is 3.22. The van der Waals surface area contributed by atoms with E-state index in [-0.39, 0.29) is 5.82 Å². The van der Waals surface area contributed by atoms with Crippen molar-refractivity contribution >= 4 is 5.82 Å². The summed E-state index contributed by atoms with van der Waals surface area (Å²) in [4.78, 5) is 12.6. The first-order valence-electron chi connectivity index (χ1n) is 6.63. The van der Waals surface area contributed by atoms with Crippen molar-refractivity contribution in [2.75, 3.05) is 13.1 Å². The van der Waals surface area contributed by atoms with Crippen LogP contribution in [0.1, 0.15) is 12.5 Å². The molecule has 0 aliphatic heterocycles. The topological polar surface area (TPSA) is 64.2 Å². The zero-order valence-electron chi connectivity index (χ0n) is 11.5. The van der Waals surface area contributed by atoms with Crippen LogP contribution in [0.25, 0.3) is 0 Å². The average molecular weight is 274 g/mol. The Bertz CT molecular complexity index is 553. The Hall–Kier alpha value is -2.21. The number of aromatic nitrogens is 2. The fourth-order valence-electron chi connectivity index (χ4n) is 2.04. The maximum absolute atomic E-state index is 10.9. The summed E-state index contributed by atoms with van der Waals surface area (Å²) in [6.07, 6.45) is 2.38. The Morgan fingerprint density at radius 3 is 2.70 bits per heavy atom. The molecule has 106 valence electrons. The molecular formula is C14H18N4O2. The highest BCUT2D eigenvalue weighted by Gasteiger charge is 2.16. The summed E-state index contributed by atoms with van der Waals surface area (Å²) in [5, 5.41) is 14.9. The minimum Gasteiger partial charge on any atom is -0.358 e. The van der Waals surface area contributed by atoms with Gasteiger partial charge in [0.2, 0.25) is 0 Å². The van der Waals surface area contributed by atoms with Crippen LogP contribution in [0.2, 0.25) is 0 Å². The first-order chi connectivity index (χ1) is 9.70. The highest BCUT2D eigenvalue weighted by Crippen LogP contribution is 2.10. The van der Waals surface area contributed by atoms with Crippen molar-refractivity contribution < 1.29 is 4.92 Å². The van der Waals surface area contributed by atoms with Crippen molar-refractivity contribution in [3.63, 3.8) is 0 Å². The number of nitro groups is 1. The molecule has 0 saturated heterocycles. The van der Waals surface area contributed by atoms with Crippen LogP contribution in [-0.2, 0) is 13.1 Å². The summed E-state index contributed by atoms with van der Waals surface area (Å²) in [5.74, 6) is 0.0307. The predicted molar refractivity (Wildman–Crippen MR) is 76.3 cm³/mol. The van der Waals surface area contributed by atoms with Crippen LogP contribution in [0.3, 0.4) is 0 Å². The van der Waals surface area contributed by atoms with Crippen molar-refractivity contribution in [3.05, 3.63) is 58.3 Å². The standard InChI is InChI=1S/C14H18N4O2/c1-2-16(11-9-13-6-4-3-5-7-13)12-17-14(18(19)20)8-10-15-17/h3-8,10H,2,9,11-12H2,1H3. The van der Waals surface area contributed by atoms with Gasteiger partial charge in [0.15, 0.2) is 6.67 Å². The van der Waals surface area contributed by atoms with Gasteiger partial charge in [0.1, 0.15) is 0 Å². The van der Waals surface area contributed by atoms with Crippen LogP contribution in [0, 0.1) is 10.1 Å². The second kappa shape index (κ2) is 6.81. The molecule has 1 heterocycles. The van der Waals surface area contributed by atoms with Crippen molar-refractivity contribution in [3.8, 4) is 0 Å². The number of rotatable bonds is 7. The van der Waals surface area contributed by atoms with Crippen LogP contribution >= 0.6 is 0 Å². The van der Waals surface area contributed by atoms with Gasteiger partial charge in [0.05, 0.1) is 12.3 Å². The van der Waals surface area contributed by atoms with Crippen LogP contribution < -0.4 is 0 Å². The van der Waals surface area contributed by atoms with Crippen molar-refractivity contribution in [1.82, 2.24) is 14.7 Å². The fourth-order valence-corrected chi connectivity index (χ4v) is 2.04. The highest BCUT2D eigenvalue weighted by molar-refractivity contribution is 5.16. The Balaban J connectivity index is 1.95. The summed E-state index contributed by atoms with van der Waals surface area (Å²) in [6.45, 7) is 4.15. The molecule has 0 N–H and O–H groups in total. The lowest BCUT2D eigenvalue weighted by molar-refractivity contribution is -0.393. The predicted octanol–water partition coefficient (Wildman–Crippen LogP) is 2.31. The van der Waals surface area contributed by atoms with Crippen LogP contribution in [0.15, 0.2) is 42.6 Å². The molecule has 2 aromatic rings. The quantitative estimate of drug-likeness (QED) is 0.574. The van der Waals surface area contributed by atoms with Crippen molar-refractivity contribution in [1.29, 1.82) is 0 Å². The Morgan fingerprint density at radius 1 is 1.30 bits per heavy atom. The molecule has 6 heteroatoms. The van der Waals surface area contributed by atoms with Gasteiger partial charge >= 0.3 is 5.82 Å². The summed E-state index contributed by atoms with van der Waals surface area (Å²) in [5.41, 5.74) is 1.26. The molecule has 0 aliphatic rings. The van der Waals surface area contributed by atoms with E-state index in [9.17, 15) is 10.1 Å². The number of hydrogen-bond acceptors (Lipinski definition) is 4. The van der Waals surface area contributed by atoms with Crippen molar-refractivity contribution in [2.24, 2.45) is 0 Å². The molecule has 0 amide bonds. The van der Waals surface area contributed by atoms with Gasteiger partial charge in [-0.05, 0) is 23.5 Å². The molecule has 0 spiro atoms.